The van der Waals surface area contributed by atoms with E-state index in [1.54, 1.807) is 0 Å². The monoisotopic (exact) mass is 278 g/mol. The molecule has 0 radical (unpaired) electrons. The Hall–Kier alpha value is -0.410. The minimum Gasteiger partial charge on any atom is -0.302 e. The topological polar surface area (TPSA) is 23.6 Å². The van der Waals surface area contributed by atoms with Crippen LogP contribution in [0.1, 0.15) is 57.8 Å². The first-order chi connectivity index (χ1) is 9.84. The number of rotatable bonds is 4. The molecular formula is C17H30N2O. The summed E-state index contributed by atoms with van der Waals surface area (Å²) in [4.78, 5) is 17.5. The molecule has 0 spiro atoms. The third-order valence-electron chi connectivity index (χ3n) is 5.63. The van der Waals surface area contributed by atoms with Gasteiger partial charge < -0.3 is 4.90 Å². The average molecular weight is 278 g/mol. The predicted octanol–water partition coefficient (Wildman–Crippen LogP) is 2.70. The quantitative estimate of drug-likeness (QED) is 0.790. The molecule has 2 atom stereocenters. The third kappa shape index (κ3) is 3.43. The standard InChI is InChI=1S/C17H30N2O/c20-17-9-3-2-7-15(17)16-8-6-12-19(16)14-13-18-10-4-1-5-11-18/h15-16H,1-14H2. The largest absolute Gasteiger partial charge is 0.302 e. The number of nitrogens with zero attached hydrogens (tertiary/aromatic N) is 2. The van der Waals surface area contributed by atoms with Crippen molar-refractivity contribution in [2.24, 2.45) is 5.92 Å². The third-order valence-corrected chi connectivity index (χ3v) is 5.63. The smallest absolute Gasteiger partial charge is 0.137 e. The second-order valence-electron chi connectivity index (χ2n) is 6.97. The fourth-order valence-corrected chi connectivity index (χ4v) is 4.45. The van der Waals surface area contributed by atoms with Crippen molar-refractivity contribution in [1.82, 2.24) is 9.80 Å². The molecule has 1 saturated carbocycles. The maximum atomic E-state index is 12.2. The van der Waals surface area contributed by atoms with Crippen LogP contribution in [0, 0.1) is 5.92 Å². The number of hydrogen-bond donors (Lipinski definition) is 0. The van der Waals surface area contributed by atoms with Gasteiger partial charge in [0.2, 0.25) is 0 Å². The summed E-state index contributed by atoms with van der Waals surface area (Å²) in [5.74, 6) is 0.929. The molecule has 3 fully saturated rings. The second-order valence-corrected chi connectivity index (χ2v) is 6.97. The van der Waals surface area contributed by atoms with Crippen molar-refractivity contribution >= 4 is 5.78 Å². The van der Waals surface area contributed by atoms with Gasteiger partial charge in [0.15, 0.2) is 0 Å². The summed E-state index contributed by atoms with van der Waals surface area (Å²) < 4.78 is 0. The molecule has 3 heteroatoms. The maximum absolute atomic E-state index is 12.2. The fourth-order valence-electron chi connectivity index (χ4n) is 4.45. The molecule has 0 bridgehead atoms. The van der Waals surface area contributed by atoms with E-state index in [4.69, 9.17) is 0 Å². The molecule has 114 valence electrons. The van der Waals surface area contributed by atoms with Crippen LogP contribution in [-0.4, -0.2) is 54.3 Å². The Bertz CT molecular complexity index is 325. The van der Waals surface area contributed by atoms with Crippen molar-refractivity contribution in [3.05, 3.63) is 0 Å². The Balaban J connectivity index is 1.51. The van der Waals surface area contributed by atoms with Gasteiger partial charge in [0.05, 0.1) is 0 Å². The molecule has 0 amide bonds. The molecule has 2 aliphatic heterocycles. The van der Waals surface area contributed by atoms with E-state index < -0.39 is 0 Å². The molecule has 2 heterocycles. The van der Waals surface area contributed by atoms with Gasteiger partial charge in [-0.15, -0.1) is 0 Å². The van der Waals surface area contributed by atoms with Crippen molar-refractivity contribution in [3.63, 3.8) is 0 Å². The van der Waals surface area contributed by atoms with Crippen LogP contribution in [-0.2, 0) is 4.79 Å². The highest BCUT2D eigenvalue weighted by atomic mass is 16.1. The lowest BCUT2D eigenvalue weighted by atomic mass is 9.82. The zero-order chi connectivity index (χ0) is 13.8. The first kappa shape index (κ1) is 14.5. The number of Topliss-reactive ketones (excluding diaryl/α,β-unsaturated/α-hetero) is 1. The van der Waals surface area contributed by atoms with Gasteiger partial charge in [-0.1, -0.05) is 12.8 Å². The molecule has 3 rings (SSSR count). The van der Waals surface area contributed by atoms with Crippen LogP contribution < -0.4 is 0 Å². The molecule has 0 aromatic carbocycles. The first-order valence-corrected chi connectivity index (χ1v) is 8.84. The van der Waals surface area contributed by atoms with Crippen LogP contribution in [0.25, 0.3) is 0 Å². The van der Waals surface area contributed by atoms with E-state index in [9.17, 15) is 4.79 Å². The summed E-state index contributed by atoms with van der Waals surface area (Å²) in [5, 5.41) is 0. The summed E-state index contributed by atoms with van der Waals surface area (Å²) in [6.45, 7) is 6.22. The lowest BCUT2D eigenvalue weighted by Crippen LogP contribution is -2.44. The summed E-state index contributed by atoms with van der Waals surface area (Å²) in [7, 11) is 0. The molecule has 3 aliphatic rings. The van der Waals surface area contributed by atoms with Crippen LogP contribution in [0.2, 0.25) is 0 Å². The van der Waals surface area contributed by atoms with Crippen molar-refractivity contribution in [1.29, 1.82) is 0 Å². The summed E-state index contributed by atoms with van der Waals surface area (Å²) >= 11 is 0. The van der Waals surface area contributed by atoms with Gasteiger partial charge in [-0.25, -0.2) is 0 Å². The minimum absolute atomic E-state index is 0.368. The van der Waals surface area contributed by atoms with Gasteiger partial charge in [-0.3, -0.25) is 9.69 Å². The Morgan fingerprint density at radius 2 is 1.70 bits per heavy atom. The molecule has 0 aromatic heterocycles. The van der Waals surface area contributed by atoms with Crippen LogP contribution in [0.5, 0.6) is 0 Å². The van der Waals surface area contributed by atoms with Gasteiger partial charge in [0.25, 0.3) is 0 Å². The van der Waals surface area contributed by atoms with E-state index >= 15 is 0 Å². The Kier molecular flexibility index (Phi) is 5.11. The number of hydrogen-bond acceptors (Lipinski definition) is 3. The van der Waals surface area contributed by atoms with E-state index in [0.29, 0.717) is 17.7 Å². The predicted molar refractivity (Wildman–Crippen MR) is 81.9 cm³/mol. The van der Waals surface area contributed by atoms with E-state index in [-0.39, 0.29) is 0 Å². The molecule has 3 nitrogen and oxygen atoms in total. The number of carbonyl (C=O) groups excluding carboxylic acids is 1. The van der Waals surface area contributed by atoms with Gasteiger partial charge in [-0.05, 0) is 58.2 Å². The van der Waals surface area contributed by atoms with Gasteiger partial charge in [-0.2, -0.15) is 0 Å². The molecular weight excluding hydrogens is 248 g/mol. The zero-order valence-corrected chi connectivity index (χ0v) is 12.9. The SMILES string of the molecule is O=C1CCCCC1C1CCCN1CCN1CCCCC1. The highest BCUT2D eigenvalue weighted by molar-refractivity contribution is 5.82. The molecule has 2 saturated heterocycles. The van der Waals surface area contributed by atoms with Crippen molar-refractivity contribution < 1.29 is 4.79 Å². The summed E-state index contributed by atoms with van der Waals surface area (Å²) in [6, 6.07) is 0.576. The summed E-state index contributed by atoms with van der Waals surface area (Å²) in [6.07, 6.45) is 11.1. The van der Waals surface area contributed by atoms with Gasteiger partial charge >= 0.3 is 0 Å². The zero-order valence-electron chi connectivity index (χ0n) is 12.9. The Morgan fingerprint density at radius 1 is 0.850 bits per heavy atom. The van der Waals surface area contributed by atoms with E-state index in [1.165, 1.54) is 71.2 Å². The number of piperidine rings is 1. The van der Waals surface area contributed by atoms with Gasteiger partial charge in [0, 0.05) is 31.5 Å². The molecule has 1 aliphatic carbocycles. The normalized spacial score (nSPS) is 33.7. The minimum atomic E-state index is 0.368. The fraction of sp³-hybridized carbons (Fsp3) is 0.941. The van der Waals surface area contributed by atoms with Crippen LogP contribution in [0.3, 0.4) is 0 Å². The number of ketones is 1. The van der Waals surface area contributed by atoms with Crippen molar-refractivity contribution in [2.75, 3.05) is 32.7 Å². The van der Waals surface area contributed by atoms with Crippen LogP contribution >= 0.6 is 0 Å². The maximum Gasteiger partial charge on any atom is 0.137 e. The Labute approximate surface area is 123 Å². The number of carbonyl (C=O) groups is 1. The molecule has 20 heavy (non-hydrogen) atoms. The lowest BCUT2D eigenvalue weighted by molar-refractivity contribution is -0.126. The van der Waals surface area contributed by atoms with Crippen molar-refractivity contribution in [2.45, 2.75) is 63.8 Å². The van der Waals surface area contributed by atoms with Crippen LogP contribution in [0.4, 0.5) is 0 Å². The van der Waals surface area contributed by atoms with E-state index in [0.717, 1.165) is 19.3 Å². The lowest BCUT2D eigenvalue weighted by Gasteiger charge is -2.35. The molecule has 0 aromatic rings. The highest BCUT2D eigenvalue weighted by Crippen LogP contribution is 2.32. The van der Waals surface area contributed by atoms with Crippen molar-refractivity contribution in [3.8, 4) is 0 Å². The molecule has 2 unspecified atom stereocenters. The average Bonchev–Trinajstić information content (AvgIpc) is 2.95. The Morgan fingerprint density at radius 3 is 2.50 bits per heavy atom. The molecule has 0 N–H and O–H groups in total. The summed E-state index contributed by atoms with van der Waals surface area (Å²) in [5.41, 5.74) is 0. The first-order valence-electron chi connectivity index (χ1n) is 8.84. The van der Waals surface area contributed by atoms with Crippen LogP contribution in [0.15, 0.2) is 0 Å². The highest BCUT2D eigenvalue weighted by Gasteiger charge is 2.36. The second kappa shape index (κ2) is 7.04. The number of likely N-dealkylation sites (tertiary alicyclic amines) is 2. The van der Waals surface area contributed by atoms with E-state index in [1.807, 2.05) is 0 Å². The van der Waals surface area contributed by atoms with E-state index in [2.05, 4.69) is 9.80 Å². The van der Waals surface area contributed by atoms with Gasteiger partial charge in [0.1, 0.15) is 5.78 Å².